The smallest absolute Gasteiger partial charge is 0.335 e. The van der Waals surface area contributed by atoms with E-state index in [0.29, 0.717) is 22.4 Å². The van der Waals surface area contributed by atoms with Crippen LogP contribution >= 0.6 is 0 Å². The van der Waals surface area contributed by atoms with Crippen LogP contribution in [0.3, 0.4) is 0 Å². The maximum absolute atomic E-state index is 12.3. The molecule has 3 aromatic rings. The number of rotatable bonds is 4. The Hall–Kier alpha value is -3.15. The van der Waals surface area contributed by atoms with Crippen molar-refractivity contribution in [1.29, 1.82) is 0 Å². The van der Waals surface area contributed by atoms with Crippen LogP contribution in [-0.4, -0.2) is 22.1 Å². The third-order valence-electron chi connectivity index (χ3n) is 4.84. The summed E-state index contributed by atoms with van der Waals surface area (Å²) < 4.78 is 5.44. The van der Waals surface area contributed by atoms with Crippen LogP contribution in [0, 0.1) is 5.92 Å². The van der Waals surface area contributed by atoms with Crippen molar-refractivity contribution in [2.24, 2.45) is 5.92 Å². The first-order valence-corrected chi connectivity index (χ1v) is 8.66. The van der Waals surface area contributed by atoms with Gasteiger partial charge in [0.2, 0.25) is 5.91 Å². The van der Waals surface area contributed by atoms with Gasteiger partial charge >= 0.3 is 5.97 Å². The van der Waals surface area contributed by atoms with Crippen molar-refractivity contribution >= 4 is 28.5 Å². The normalized spacial score (nSPS) is 14.6. The van der Waals surface area contributed by atoms with E-state index in [4.69, 9.17) is 4.52 Å². The Kier molecular flexibility index (Phi) is 4.16. The number of benzene rings is 2. The minimum absolute atomic E-state index is 0.0511. The molecule has 0 bridgehead atoms. The predicted molar refractivity (Wildman–Crippen MR) is 97.0 cm³/mol. The van der Waals surface area contributed by atoms with Gasteiger partial charge in [0.1, 0.15) is 5.52 Å². The number of aromatic nitrogens is 1. The summed E-state index contributed by atoms with van der Waals surface area (Å²) in [5.41, 5.74) is 2.19. The zero-order chi connectivity index (χ0) is 18.1. The van der Waals surface area contributed by atoms with E-state index in [1.165, 1.54) is 6.07 Å². The second-order valence-corrected chi connectivity index (χ2v) is 6.60. The molecule has 1 aliphatic rings. The maximum Gasteiger partial charge on any atom is 0.335 e. The second kappa shape index (κ2) is 6.63. The standard InChI is InChI=1S/C20H18N2O4/c23-19(12-4-1-2-5-12)21-15-7-3-6-13(10-15)18-16-11-14(20(24)25)8-9-17(16)22-26-18/h3,6-12H,1-2,4-5H2,(H,21,23)(H,24,25). The van der Waals surface area contributed by atoms with Gasteiger partial charge in [0.05, 0.1) is 10.9 Å². The van der Waals surface area contributed by atoms with Gasteiger partial charge in [0, 0.05) is 17.2 Å². The number of aromatic carboxylic acids is 1. The fourth-order valence-electron chi connectivity index (χ4n) is 3.45. The molecule has 26 heavy (non-hydrogen) atoms. The average molecular weight is 350 g/mol. The molecule has 2 N–H and O–H groups in total. The van der Waals surface area contributed by atoms with E-state index in [2.05, 4.69) is 10.5 Å². The van der Waals surface area contributed by atoms with E-state index < -0.39 is 5.97 Å². The van der Waals surface area contributed by atoms with E-state index in [-0.39, 0.29) is 17.4 Å². The van der Waals surface area contributed by atoms with Crippen molar-refractivity contribution in [1.82, 2.24) is 5.16 Å². The topological polar surface area (TPSA) is 92.4 Å². The van der Waals surface area contributed by atoms with Crippen molar-refractivity contribution in [3.8, 4) is 11.3 Å². The molecule has 2 aromatic carbocycles. The van der Waals surface area contributed by atoms with Gasteiger partial charge in [0.25, 0.3) is 0 Å². The first-order valence-electron chi connectivity index (χ1n) is 8.66. The van der Waals surface area contributed by atoms with E-state index in [0.717, 1.165) is 31.2 Å². The number of hydrogen-bond acceptors (Lipinski definition) is 4. The molecule has 1 aromatic heterocycles. The molecular formula is C20H18N2O4. The molecule has 0 saturated heterocycles. The molecule has 4 rings (SSSR count). The van der Waals surface area contributed by atoms with Crippen LogP contribution in [0.5, 0.6) is 0 Å². The highest BCUT2D eigenvalue weighted by Gasteiger charge is 2.23. The molecule has 6 nitrogen and oxygen atoms in total. The Morgan fingerprint density at radius 2 is 1.92 bits per heavy atom. The van der Waals surface area contributed by atoms with E-state index in [9.17, 15) is 14.7 Å². The van der Waals surface area contributed by atoms with Crippen LogP contribution in [0.25, 0.3) is 22.2 Å². The highest BCUT2D eigenvalue weighted by atomic mass is 16.5. The number of hydrogen-bond donors (Lipinski definition) is 2. The Labute approximate surface area is 149 Å². The molecule has 1 aliphatic carbocycles. The number of nitrogens with zero attached hydrogens (tertiary/aromatic N) is 1. The molecule has 6 heteroatoms. The van der Waals surface area contributed by atoms with Gasteiger partial charge in [-0.25, -0.2) is 4.79 Å². The van der Waals surface area contributed by atoms with Gasteiger partial charge in [0.15, 0.2) is 5.76 Å². The minimum atomic E-state index is -1.00. The molecule has 0 unspecified atom stereocenters. The number of amides is 1. The van der Waals surface area contributed by atoms with E-state index >= 15 is 0 Å². The summed E-state index contributed by atoms with van der Waals surface area (Å²) in [6.45, 7) is 0. The monoisotopic (exact) mass is 350 g/mol. The molecule has 1 amide bonds. The number of fused-ring (bicyclic) bond motifs is 1. The molecule has 0 atom stereocenters. The first kappa shape index (κ1) is 16.3. The lowest BCUT2D eigenvalue weighted by molar-refractivity contribution is -0.119. The fourth-order valence-corrected chi connectivity index (χ4v) is 3.45. The SMILES string of the molecule is O=C(O)c1ccc2noc(-c3cccc(NC(=O)C4CCCC4)c3)c2c1. The van der Waals surface area contributed by atoms with Crippen molar-refractivity contribution in [2.45, 2.75) is 25.7 Å². The van der Waals surface area contributed by atoms with Crippen LogP contribution in [0.2, 0.25) is 0 Å². The van der Waals surface area contributed by atoms with Crippen LogP contribution in [-0.2, 0) is 4.79 Å². The van der Waals surface area contributed by atoms with Gasteiger partial charge < -0.3 is 14.9 Å². The highest BCUT2D eigenvalue weighted by Crippen LogP contribution is 2.31. The van der Waals surface area contributed by atoms with Crippen molar-refractivity contribution in [2.75, 3.05) is 5.32 Å². The minimum Gasteiger partial charge on any atom is -0.478 e. The average Bonchev–Trinajstić information content (AvgIpc) is 3.31. The first-order chi connectivity index (χ1) is 12.6. The lowest BCUT2D eigenvalue weighted by Crippen LogP contribution is -2.20. The van der Waals surface area contributed by atoms with Crippen LogP contribution in [0.4, 0.5) is 5.69 Å². The Bertz CT molecular complexity index is 986. The van der Waals surface area contributed by atoms with Gasteiger partial charge in [-0.2, -0.15) is 0 Å². The largest absolute Gasteiger partial charge is 0.478 e. The highest BCUT2D eigenvalue weighted by molar-refractivity contribution is 5.99. The fraction of sp³-hybridized carbons (Fsp3) is 0.250. The molecule has 132 valence electrons. The van der Waals surface area contributed by atoms with E-state index in [1.807, 2.05) is 24.3 Å². The number of carbonyl (C=O) groups excluding carboxylic acids is 1. The summed E-state index contributed by atoms with van der Waals surface area (Å²) in [5, 5.41) is 16.8. The van der Waals surface area contributed by atoms with Gasteiger partial charge in [-0.15, -0.1) is 0 Å². The lowest BCUT2D eigenvalue weighted by atomic mass is 10.0. The third kappa shape index (κ3) is 3.06. The number of carboxylic acids is 1. The second-order valence-electron chi connectivity index (χ2n) is 6.60. The van der Waals surface area contributed by atoms with Gasteiger partial charge in [-0.1, -0.05) is 30.1 Å². The molecule has 0 spiro atoms. The molecular weight excluding hydrogens is 332 g/mol. The zero-order valence-electron chi connectivity index (χ0n) is 14.1. The Balaban J connectivity index is 1.66. The molecule has 0 aliphatic heterocycles. The number of carboxylic acid groups (broad SMARTS) is 1. The number of anilines is 1. The van der Waals surface area contributed by atoms with Crippen molar-refractivity contribution in [3.63, 3.8) is 0 Å². The van der Waals surface area contributed by atoms with Crippen molar-refractivity contribution in [3.05, 3.63) is 48.0 Å². The molecule has 1 saturated carbocycles. The van der Waals surface area contributed by atoms with Crippen molar-refractivity contribution < 1.29 is 19.2 Å². The molecule has 0 radical (unpaired) electrons. The third-order valence-corrected chi connectivity index (χ3v) is 4.84. The molecule has 1 fully saturated rings. The summed E-state index contributed by atoms with van der Waals surface area (Å²) in [7, 11) is 0. The predicted octanol–water partition coefficient (Wildman–Crippen LogP) is 4.32. The summed E-state index contributed by atoms with van der Waals surface area (Å²) >= 11 is 0. The lowest BCUT2D eigenvalue weighted by Gasteiger charge is -2.11. The van der Waals surface area contributed by atoms with Crippen LogP contribution in [0.1, 0.15) is 36.0 Å². The number of carbonyl (C=O) groups is 2. The summed E-state index contributed by atoms with van der Waals surface area (Å²) in [4.78, 5) is 23.5. The Morgan fingerprint density at radius 3 is 2.69 bits per heavy atom. The van der Waals surface area contributed by atoms with Crippen LogP contribution < -0.4 is 5.32 Å². The number of nitrogens with one attached hydrogen (secondary N) is 1. The summed E-state index contributed by atoms with van der Waals surface area (Å²) in [6.07, 6.45) is 4.09. The maximum atomic E-state index is 12.3. The van der Waals surface area contributed by atoms with Gasteiger partial charge in [-0.3, -0.25) is 4.79 Å². The summed E-state index contributed by atoms with van der Waals surface area (Å²) in [5.74, 6) is -0.380. The zero-order valence-corrected chi connectivity index (χ0v) is 14.1. The van der Waals surface area contributed by atoms with Gasteiger partial charge in [-0.05, 0) is 43.2 Å². The van der Waals surface area contributed by atoms with Crippen LogP contribution in [0.15, 0.2) is 47.0 Å². The molecule has 1 heterocycles. The van der Waals surface area contributed by atoms with E-state index in [1.54, 1.807) is 12.1 Å². The Morgan fingerprint density at radius 1 is 1.12 bits per heavy atom. The summed E-state index contributed by atoms with van der Waals surface area (Å²) in [6, 6.07) is 12.0. The quantitative estimate of drug-likeness (QED) is 0.731.